The van der Waals surface area contributed by atoms with E-state index in [9.17, 15) is 9.59 Å². The zero-order chi connectivity index (χ0) is 20.7. The minimum Gasteiger partial charge on any atom is -0.493 e. The summed E-state index contributed by atoms with van der Waals surface area (Å²) in [5.41, 5.74) is 1.01. The number of benzene rings is 3. The van der Waals surface area contributed by atoms with Crippen molar-refractivity contribution in [2.75, 3.05) is 7.11 Å². The first-order chi connectivity index (χ1) is 14.7. The number of ether oxygens (including phenoxy) is 1. The van der Waals surface area contributed by atoms with Crippen LogP contribution in [0.5, 0.6) is 5.75 Å². The van der Waals surface area contributed by atoms with E-state index in [1.165, 1.54) is 7.11 Å². The second kappa shape index (κ2) is 7.04. The van der Waals surface area contributed by atoms with Crippen molar-refractivity contribution < 1.29 is 13.6 Å². The summed E-state index contributed by atoms with van der Waals surface area (Å²) in [5.74, 6) is 0.814. The molecule has 0 aliphatic heterocycles. The van der Waals surface area contributed by atoms with E-state index < -0.39 is 11.3 Å². The van der Waals surface area contributed by atoms with Crippen molar-refractivity contribution in [3.05, 3.63) is 99.7 Å². The maximum atomic E-state index is 12.9. The Bertz CT molecular complexity index is 1500. The zero-order valence-electron chi connectivity index (χ0n) is 16.0. The molecule has 30 heavy (non-hydrogen) atoms. The van der Waals surface area contributed by atoms with E-state index in [-0.39, 0.29) is 5.39 Å². The Balaban J connectivity index is 2.09. The number of hydrogen-bond acceptors (Lipinski definition) is 5. The van der Waals surface area contributed by atoms with Gasteiger partial charge in [0.2, 0.25) is 0 Å². The van der Waals surface area contributed by atoms with Crippen molar-refractivity contribution in [1.29, 1.82) is 0 Å². The molecule has 0 bridgehead atoms. The number of para-hydroxylation sites is 1. The van der Waals surface area contributed by atoms with Crippen LogP contribution in [0.1, 0.15) is 0 Å². The van der Waals surface area contributed by atoms with Gasteiger partial charge in [-0.3, -0.25) is 0 Å². The fourth-order valence-electron chi connectivity index (χ4n) is 3.79. The second-order valence-electron chi connectivity index (χ2n) is 6.80. The number of fused-ring (bicyclic) bond motifs is 3. The van der Waals surface area contributed by atoms with Gasteiger partial charge in [0.15, 0.2) is 16.7 Å². The van der Waals surface area contributed by atoms with Gasteiger partial charge < -0.3 is 13.6 Å². The fraction of sp³-hybridized carbons (Fsp3) is 0.0400. The molecule has 0 aliphatic carbocycles. The Morgan fingerprint density at radius 1 is 0.667 bits per heavy atom. The van der Waals surface area contributed by atoms with E-state index in [4.69, 9.17) is 13.6 Å². The average molecular weight is 396 g/mol. The molecule has 0 unspecified atom stereocenters. The van der Waals surface area contributed by atoms with Crippen LogP contribution in [-0.2, 0) is 0 Å². The third kappa shape index (κ3) is 2.71. The summed E-state index contributed by atoms with van der Waals surface area (Å²) in [6.07, 6.45) is 0. The van der Waals surface area contributed by atoms with Gasteiger partial charge in [-0.15, -0.1) is 0 Å². The van der Waals surface area contributed by atoms with Gasteiger partial charge in [0.05, 0.1) is 7.11 Å². The highest BCUT2D eigenvalue weighted by molar-refractivity contribution is 6.15. The van der Waals surface area contributed by atoms with Gasteiger partial charge in [0.25, 0.3) is 0 Å². The lowest BCUT2D eigenvalue weighted by Gasteiger charge is -2.14. The molecular formula is C25H16O5. The third-order valence-electron chi connectivity index (χ3n) is 5.09. The smallest absolute Gasteiger partial charge is 0.351 e. The highest BCUT2D eigenvalue weighted by Crippen LogP contribution is 2.40. The van der Waals surface area contributed by atoms with Gasteiger partial charge in [0.1, 0.15) is 5.76 Å². The Kier molecular flexibility index (Phi) is 4.21. The van der Waals surface area contributed by atoms with Gasteiger partial charge in [-0.1, -0.05) is 72.8 Å². The van der Waals surface area contributed by atoms with Crippen LogP contribution >= 0.6 is 0 Å². The first-order valence-corrected chi connectivity index (χ1v) is 9.40. The van der Waals surface area contributed by atoms with Crippen LogP contribution < -0.4 is 16.0 Å². The molecule has 0 spiro atoms. The molecule has 5 nitrogen and oxygen atoms in total. The van der Waals surface area contributed by atoms with E-state index in [0.717, 1.165) is 11.1 Å². The minimum absolute atomic E-state index is 0.116. The molecule has 0 saturated heterocycles. The Hall–Kier alpha value is -4.12. The molecular weight excluding hydrogens is 380 g/mol. The number of hydrogen-bond donors (Lipinski definition) is 0. The quantitative estimate of drug-likeness (QED) is 0.308. The van der Waals surface area contributed by atoms with Gasteiger partial charge >= 0.3 is 11.3 Å². The molecule has 5 rings (SSSR count). The normalized spacial score (nSPS) is 11.1. The molecule has 0 amide bonds. The lowest BCUT2D eigenvalue weighted by molar-refractivity contribution is 0.407. The van der Waals surface area contributed by atoms with E-state index in [2.05, 4.69) is 0 Å². The molecule has 0 radical (unpaired) electrons. The Labute approximate surface area is 170 Å². The van der Waals surface area contributed by atoms with Crippen LogP contribution in [0.4, 0.5) is 0 Å². The predicted octanol–water partition coefficient (Wildman–Crippen LogP) is 5.24. The standard InChI is InChI=1S/C25H16O5/c1-28-18-14-8-13-17-20-19(15-9-4-2-5-10-15)22(16-11-6-3-7-12-16)29-24(26)21(20)25(27)30-23(17)18/h2-14H,1H3. The average Bonchev–Trinajstić information content (AvgIpc) is 2.79. The monoisotopic (exact) mass is 396 g/mol. The summed E-state index contributed by atoms with van der Waals surface area (Å²) in [4.78, 5) is 25.7. The first kappa shape index (κ1) is 17.9. The summed E-state index contributed by atoms with van der Waals surface area (Å²) in [6.45, 7) is 0. The number of methoxy groups -OCH3 is 1. The van der Waals surface area contributed by atoms with Crippen LogP contribution in [0, 0.1) is 0 Å². The largest absolute Gasteiger partial charge is 0.493 e. The predicted molar refractivity (Wildman–Crippen MR) is 116 cm³/mol. The maximum absolute atomic E-state index is 12.9. The van der Waals surface area contributed by atoms with E-state index >= 15 is 0 Å². The summed E-state index contributed by atoms with van der Waals surface area (Å²) in [6, 6.07) is 24.2. The van der Waals surface area contributed by atoms with Crippen molar-refractivity contribution in [3.8, 4) is 28.2 Å². The molecule has 3 aromatic carbocycles. The summed E-state index contributed by atoms with van der Waals surface area (Å²) in [7, 11) is 1.51. The molecule has 0 atom stereocenters. The van der Waals surface area contributed by atoms with Crippen molar-refractivity contribution in [2.24, 2.45) is 0 Å². The number of rotatable bonds is 3. The molecule has 2 aromatic heterocycles. The van der Waals surface area contributed by atoms with Crippen LogP contribution in [0.15, 0.2) is 97.3 Å². The summed E-state index contributed by atoms with van der Waals surface area (Å²) in [5, 5.41) is 0.976. The summed E-state index contributed by atoms with van der Waals surface area (Å²) < 4.78 is 16.6. The zero-order valence-corrected chi connectivity index (χ0v) is 16.0. The van der Waals surface area contributed by atoms with Gasteiger partial charge in [0, 0.05) is 21.9 Å². The van der Waals surface area contributed by atoms with Crippen molar-refractivity contribution in [1.82, 2.24) is 0 Å². The molecule has 146 valence electrons. The molecule has 0 aliphatic rings. The second-order valence-corrected chi connectivity index (χ2v) is 6.80. The topological polar surface area (TPSA) is 69.7 Å². The molecule has 5 heteroatoms. The van der Waals surface area contributed by atoms with Crippen LogP contribution in [0.25, 0.3) is 44.2 Å². The molecule has 2 heterocycles. The van der Waals surface area contributed by atoms with Crippen LogP contribution in [-0.4, -0.2) is 7.11 Å². The Morgan fingerprint density at radius 3 is 1.97 bits per heavy atom. The van der Waals surface area contributed by atoms with Crippen molar-refractivity contribution >= 4 is 21.7 Å². The van der Waals surface area contributed by atoms with Gasteiger partial charge in [-0.2, -0.15) is 0 Å². The lowest BCUT2D eigenvalue weighted by Crippen LogP contribution is -2.14. The molecule has 5 aromatic rings. The lowest BCUT2D eigenvalue weighted by atomic mass is 9.94. The molecule has 0 saturated carbocycles. The Morgan fingerprint density at radius 2 is 1.30 bits per heavy atom. The maximum Gasteiger partial charge on any atom is 0.351 e. The van der Waals surface area contributed by atoms with Crippen molar-refractivity contribution in [3.63, 3.8) is 0 Å². The van der Waals surface area contributed by atoms with E-state index in [1.807, 2.05) is 66.7 Å². The third-order valence-corrected chi connectivity index (χ3v) is 5.09. The molecule has 0 fully saturated rings. The van der Waals surface area contributed by atoms with Crippen molar-refractivity contribution in [2.45, 2.75) is 0 Å². The fourth-order valence-corrected chi connectivity index (χ4v) is 3.79. The molecule has 0 N–H and O–H groups in total. The minimum atomic E-state index is -0.757. The van der Waals surface area contributed by atoms with E-state index in [0.29, 0.717) is 33.4 Å². The first-order valence-electron chi connectivity index (χ1n) is 9.40. The van der Waals surface area contributed by atoms with Crippen LogP contribution in [0.2, 0.25) is 0 Å². The van der Waals surface area contributed by atoms with Gasteiger partial charge in [-0.05, 0) is 11.6 Å². The van der Waals surface area contributed by atoms with E-state index in [1.54, 1.807) is 12.1 Å². The summed E-state index contributed by atoms with van der Waals surface area (Å²) >= 11 is 0. The van der Waals surface area contributed by atoms with Gasteiger partial charge in [-0.25, -0.2) is 9.59 Å². The highest BCUT2D eigenvalue weighted by atomic mass is 16.5. The SMILES string of the molecule is COc1cccc2c1oc(=O)c1c(=O)oc(-c3ccccc3)c(-c3ccccc3)c12. The highest BCUT2D eigenvalue weighted by Gasteiger charge is 2.23. The van der Waals surface area contributed by atoms with Crippen LogP contribution in [0.3, 0.4) is 0 Å².